The molecular weight excluding hydrogens is 366 g/mol. The zero-order chi connectivity index (χ0) is 20.4. The highest BCUT2D eigenvalue weighted by atomic mass is 16.2. The first-order valence-corrected chi connectivity index (χ1v) is 11.5. The molecule has 1 aliphatic carbocycles. The third kappa shape index (κ3) is 4.20. The quantitative estimate of drug-likeness (QED) is 0.774. The van der Waals surface area contributed by atoms with Crippen LogP contribution in [0.2, 0.25) is 0 Å². The van der Waals surface area contributed by atoms with Gasteiger partial charge in [-0.3, -0.25) is 19.2 Å². The molecule has 2 saturated heterocycles. The Morgan fingerprint density at radius 1 is 1.00 bits per heavy atom. The lowest BCUT2D eigenvalue weighted by atomic mass is 9.89. The van der Waals surface area contributed by atoms with E-state index in [-0.39, 0.29) is 11.8 Å². The first kappa shape index (κ1) is 20.4. The molecule has 1 atom stereocenters. The molecule has 0 N–H and O–H groups in total. The maximum absolute atomic E-state index is 13.3. The average molecular weight is 402 g/mol. The number of amides is 2. The van der Waals surface area contributed by atoms with Gasteiger partial charge in [0.15, 0.2) is 5.69 Å². The summed E-state index contributed by atoms with van der Waals surface area (Å²) in [6.07, 6.45) is 7.47. The number of rotatable bonds is 4. The number of piperazine rings is 1. The molecule has 160 valence electrons. The maximum atomic E-state index is 13.3. The van der Waals surface area contributed by atoms with Crippen molar-refractivity contribution < 1.29 is 9.59 Å². The van der Waals surface area contributed by atoms with Crippen LogP contribution in [0.25, 0.3) is 0 Å². The second-order valence-corrected chi connectivity index (χ2v) is 8.79. The molecule has 7 nitrogen and oxygen atoms in total. The van der Waals surface area contributed by atoms with E-state index in [9.17, 15) is 9.59 Å². The fourth-order valence-corrected chi connectivity index (χ4v) is 5.20. The number of piperidine rings is 1. The monoisotopic (exact) mass is 401 g/mol. The van der Waals surface area contributed by atoms with Gasteiger partial charge < -0.3 is 9.80 Å². The van der Waals surface area contributed by atoms with E-state index in [2.05, 4.69) is 16.5 Å². The molecule has 2 amide bonds. The zero-order valence-corrected chi connectivity index (χ0v) is 18.0. The lowest BCUT2D eigenvalue weighted by Gasteiger charge is -2.40. The van der Waals surface area contributed by atoms with Crippen LogP contribution in [0.1, 0.15) is 67.7 Å². The van der Waals surface area contributed by atoms with Gasteiger partial charge in [-0.05, 0) is 44.9 Å². The highest BCUT2D eigenvalue weighted by molar-refractivity contribution is 5.94. The summed E-state index contributed by atoms with van der Waals surface area (Å²) in [7, 11) is 0. The van der Waals surface area contributed by atoms with Crippen molar-refractivity contribution in [3.05, 3.63) is 17.0 Å². The minimum Gasteiger partial charge on any atom is -0.340 e. The number of carbonyl (C=O) groups excluding carboxylic acids is 2. The Bertz CT molecular complexity index is 745. The van der Waals surface area contributed by atoms with Gasteiger partial charge in [0.2, 0.25) is 5.91 Å². The smallest absolute Gasteiger partial charge is 0.274 e. The number of likely N-dealkylation sites (tertiary alicyclic amines) is 1. The van der Waals surface area contributed by atoms with Crippen LogP contribution in [0.4, 0.5) is 0 Å². The number of hydrogen-bond acceptors (Lipinski definition) is 4. The van der Waals surface area contributed by atoms with E-state index in [1.54, 1.807) is 6.92 Å². The first-order valence-electron chi connectivity index (χ1n) is 11.5. The molecule has 7 heteroatoms. The summed E-state index contributed by atoms with van der Waals surface area (Å²) in [4.78, 5) is 31.4. The normalized spacial score (nSPS) is 23.2. The Labute approximate surface area is 174 Å². The van der Waals surface area contributed by atoms with E-state index in [0.717, 1.165) is 84.3 Å². The summed E-state index contributed by atoms with van der Waals surface area (Å²) in [5, 5.41) is 4.83. The second kappa shape index (κ2) is 8.86. The van der Waals surface area contributed by atoms with Crippen LogP contribution in [0.5, 0.6) is 0 Å². The molecule has 2 fully saturated rings. The predicted octanol–water partition coefficient (Wildman–Crippen LogP) is 1.94. The Morgan fingerprint density at radius 3 is 2.38 bits per heavy atom. The Kier molecular flexibility index (Phi) is 6.23. The minimum atomic E-state index is 0.137. The lowest BCUT2D eigenvalue weighted by Crippen LogP contribution is -2.52. The SMILES string of the molecule is CCCn1nc(C(=O)N2CCCCC2)c2c1CC[C@H](N1CCN(C(C)=O)CC1)C2. The van der Waals surface area contributed by atoms with Crippen molar-refractivity contribution in [1.29, 1.82) is 0 Å². The summed E-state index contributed by atoms with van der Waals surface area (Å²) in [6.45, 7) is 9.92. The Balaban J connectivity index is 1.52. The van der Waals surface area contributed by atoms with Crippen LogP contribution in [0.15, 0.2) is 0 Å². The molecule has 0 bridgehead atoms. The summed E-state index contributed by atoms with van der Waals surface area (Å²) >= 11 is 0. The molecule has 3 aliphatic rings. The number of fused-ring (bicyclic) bond motifs is 1. The van der Waals surface area contributed by atoms with Crippen molar-refractivity contribution in [3.63, 3.8) is 0 Å². The molecule has 4 rings (SSSR count). The molecule has 3 heterocycles. The molecule has 0 saturated carbocycles. The largest absolute Gasteiger partial charge is 0.340 e. The molecule has 0 spiro atoms. The van der Waals surface area contributed by atoms with Crippen molar-refractivity contribution in [2.75, 3.05) is 39.3 Å². The van der Waals surface area contributed by atoms with E-state index in [1.165, 1.54) is 17.7 Å². The van der Waals surface area contributed by atoms with Crippen molar-refractivity contribution in [2.24, 2.45) is 0 Å². The molecular formula is C22H35N5O2. The van der Waals surface area contributed by atoms with Gasteiger partial charge in [0.05, 0.1) is 0 Å². The van der Waals surface area contributed by atoms with Gasteiger partial charge in [0, 0.05) is 70.0 Å². The summed E-state index contributed by atoms with van der Waals surface area (Å²) in [6, 6.07) is 0.448. The fraction of sp³-hybridized carbons (Fsp3) is 0.773. The Morgan fingerprint density at radius 2 is 1.72 bits per heavy atom. The minimum absolute atomic E-state index is 0.137. The van der Waals surface area contributed by atoms with Gasteiger partial charge in [0.1, 0.15) is 0 Å². The van der Waals surface area contributed by atoms with Crippen molar-refractivity contribution in [2.45, 2.75) is 71.4 Å². The van der Waals surface area contributed by atoms with Gasteiger partial charge in [-0.2, -0.15) is 5.10 Å². The molecule has 0 unspecified atom stereocenters. The standard InChI is InChI=1S/C22H35N5O2/c1-3-9-27-20-8-7-18(25-14-12-24(13-15-25)17(2)28)16-19(20)21(23-27)22(29)26-10-5-4-6-11-26/h18H,3-16H2,1-2H3/t18-/m0/s1. The van der Waals surface area contributed by atoms with Crippen LogP contribution in [0.3, 0.4) is 0 Å². The molecule has 1 aromatic heterocycles. The van der Waals surface area contributed by atoms with E-state index < -0.39 is 0 Å². The number of carbonyl (C=O) groups is 2. The molecule has 29 heavy (non-hydrogen) atoms. The van der Waals surface area contributed by atoms with Gasteiger partial charge in [-0.15, -0.1) is 0 Å². The van der Waals surface area contributed by atoms with E-state index in [0.29, 0.717) is 11.7 Å². The summed E-state index contributed by atoms with van der Waals surface area (Å²) in [5.41, 5.74) is 3.19. The zero-order valence-electron chi connectivity index (χ0n) is 18.0. The van der Waals surface area contributed by atoms with Crippen LogP contribution in [-0.4, -0.2) is 81.6 Å². The van der Waals surface area contributed by atoms with E-state index in [4.69, 9.17) is 5.10 Å². The van der Waals surface area contributed by atoms with Gasteiger partial charge >= 0.3 is 0 Å². The molecule has 0 radical (unpaired) electrons. The summed E-state index contributed by atoms with van der Waals surface area (Å²) < 4.78 is 2.11. The predicted molar refractivity (Wildman–Crippen MR) is 112 cm³/mol. The highest BCUT2D eigenvalue weighted by Crippen LogP contribution is 2.29. The van der Waals surface area contributed by atoms with Gasteiger partial charge in [-0.25, -0.2) is 0 Å². The third-order valence-electron chi connectivity index (χ3n) is 6.88. The second-order valence-electron chi connectivity index (χ2n) is 8.79. The number of nitrogens with zero attached hydrogens (tertiary/aromatic N) is 5. The number of hydrogen-bond donors (Lipinski definition) is 0. The van der Waals surface area contributed by atoms with E-state index in [1.807, 2.05) is 9.80 Å². The van der Waals surface area contributed by atoms with Gasteiger partial charge in [0.25, 0.3) is 5.91 Å². The Hall–Kier alpha value is -1.89. The maximum Gasteiger partial charge on any atom is 0.274 e. The van der Waals surface area contributed by atoms with Crippen LogP contribution < -0.4 is 0 Å². The van der Waals surface area contributed by atoms with Crippen molar-refractivity contribution in [3.8, 4) is 0 Å². The lowest BCUT2D eigenvalue weighted by molar-refractivity contribution is -0.130. The van der Waals surface area contributed by atoms with Crippen LogP contribution >= 0.6 is 0 Å². The van der Waals surface area contributed by atoms with Crippen molar-refractivity contribution >= 4 is 11.8 Å². The van der Waals surface area contributed by atoms with Gasteiger partial charge in [-0.1, -0.05) is 6.92 Å². The molecule has 2 aliphatic heterocycles. The third-order valence-corrected chi connectivity index (χ3v) is 6.88. The highest BCUT2D eigenvalue weighted by Gasteiger charge is 2.34. The summed E-state index contributed by atoms with van der Waals surface area (Å²) in [5.74, 6) is 0.309. The van der Waals surface area contributed by atoms with Crippen molar-refractivity contribution in [1.82, 2.24) is 24.5 Å². The topological polar surface area (TPSA) is 61.7 Å². The molecule has 0 aromatic carbocycles. The molecule has 1 aromatic rings. The van der Waals surface area contributed by atoms with E-state index >= 15 is 0 Å². The first-order chi connectivity index (χ1) is 14.1. The number of aromatic nitrogens is 2. The number of aryl methyl sites for hydroxylation is 1. The average Bonchev–Trinajstić information content (AvgIpc) is 3.12. The van der Waals surface area contributed by atoms with Crippen LogP contribution in [0, 0.1) is 0 Å². The fourth-order valence-electron chi connectivity index (χ4n) is 5.20. The van der Waals surface area contributed by atoms with Crippen LogP contribution in [-0.2, 0) is 24.2 Å².